The van der Waals surface area contributed by atoms with E-state index in [0.717, 1.165) is 26.2 Å². The van der Waals surface area contributed by atoms with Crippen molar-refractivity contribution in [1.82, 2.24) is 4.57 Å². The molecule has 0 spiro atoms. The Labute approximate surface area is 182 Å². The number of piperidine rings is 1. The average Bonchev–Trinajstić information content (AvgIpc) is 2.80. The van der Waals surface area contributed by atoms with Crippen LogP contribution in [0.25, 0.3) is 21.9 Å². The maximum absolute atomic E-state index is 12.8. The minimum Gasteiger partial charge on any atom is -0.330 e. The Morgan fingerprint density at radius 2 is 1.65 bits per heavy atom. The Bertz CT molecular complexity index is 1310. The van der Waals surface area contributed by atoms with Crippen LogP contribution in [0, 0.1) is 5.92 Å². The fourth-order valence-electron chi connectivity index (χ4n) is 5.87. The second kappa shape index (κ2) is 7.51. The fraction of sp³-hybridized carbons (Fsp3) is 0.250. The zero-order chi connectivity index (χ0) is 20.8. The molecule has 3 nitrogen and oxygen atoms in total. The molecule has 4 aromatic rings. The van der Waals surface area contributed by atoms with Crippen molar-refractivity contribution >= 4 is 10.8 Å². The van der Waals surface area contributed by atoms with Gasteiger partial charge in [0.2, 0.25) is 0 Å². The van der Waals surface area contributed by atoms with E-state index in [4.69, 9.17) is 0 Å². The molecule has 3 heterocycles. The number of nitrogens with one attached hydrogen (secondary N) is 1. The summed E-state index contributed by atoms with van der Waals surface area (Å²) in [5.74, 6) is 1.01. The third-order valence-corrected chi connectivity index (χ3v) is 7.14. The zero-order valence-corrected chi connectivity index (χ0v) is 17.6. The molecule has 1 saturated heterocycles. The number of rotatable bonds is 3. The van der Waals surface area contributed by atoms with Crippen molar-refractivity contribution in [2.24, 2.45) is 5.92 Å². The number of quaternary nitrogens is 1. The van der Waals surface area contributed by atoms with Crippen LogP contribution in [0.3, 0.4) is 0 Å². The summed E-state index contributed by atoms with van der Waals surface area (Å²) in [6.07, 6.45) is 1.20. The highest BCUT2D eigenvalue weighted by Gasteiger charge is 2.38. The van der Waals surface area contributed by atoms with E-state index < -0.39 is 0 Å². The van der Waals surface area contributed by atoms with Crippen LogP contribution in [0.5, 0.6) is 0 Å². The minimum absolute atomic E-state index is 0.153. The topological polar surface area (TPSA) is 26.4 Å². The third kappa shape index (κ3) is 3.39. The molecule has 0 saturated carbocycles. The highest BCUT2D eigenvalue weighted by Crippen LogP contribution is 2.37. The van der Waals surface area contributed by atoms with E-state index in [1.54, 1.807) is 11.0 Å². The van der Waals surface area contributed by atoms with Crippen LogP contribution < -0.4 is 10.5 Å². The van der Waals surface area contributed by atoms with Crippen LogP contribution in [0.4, 0.5) is 0 Å². The number of nitrogens with zero attached hydrogens (tertiary/aromatic N) is 1. The maximum Gasteiger partial charge on any atom is 0.250 e. The Morgan fingerprint density at radius 3 is 2.52 bits per heavy atom. The molecule has 2 aliphatic rings. The van der Waals surface area contributed by atoms with Crippen molar-refractivity contribution in [2.75, 3.05) is 13.1 Å². The summed E-state index contributed by atoms with van der Waals surface area (Å²) in [6, 6.07) is 29.8. The lowest BCUT2D eigenvalue weighted by atomic mass is 9.80. The van der Waals surface area contributed by atoms with Crippen molar-refractivity contribution in [1.29, 1.82) is 0 Å². The molecule has 154 valence electrons. The minimum atomic E-state index is 0.153. The molecular weight excluding hydrogens is 380 g/mol. The summed E-state index contributed by atoms with van der Waals surface area (Å²) in [7, 11) is 0. The molecule has 2 aliphatic heterocycles. The quantitative estimate of drug-likeness (QED) is 0.548. The highest BCUT2D eigenvalue weighted by atomic mass is 16.1. The SMILES string of the molecule is O=c1ccc(-c2ccc3ccccc3c2)c2n1C[C@H]1C[C@@H]2C[NH+](Cc2ccccc2)C1. The van der Waals surface area contributed by atoms with Crippen LogP contribution in [-0.4, -0.2) is 17.7 Å². The smallest absolute Gasteiger partial charge is 0.250 e. The van der Waals surface area contributed by atoms with Gasteiger partial charge in [0.1, 0.15) is 6.54 Å². The zero-order valence-electron chi connectivity index (χ0n) is 17.6. The Balaban J connectivity index is 1.40. The first-order valence-electron chi connectivity index (χ1n) is 11.3. The largest absolute Gasteiger partial charge is 0.330 e. The van der Waals surface area contributed by atoms with Gasteiger partial charge in [-0.25, -0.2) is 0 Å². The number of pyridine rings is 1. The van der Waals surface area contributed by atoms with Crippen LogP contribution in [-0.2, 0) is 13.1 Å². The number of likely N-dealkylation sites (tertiary alicyclic amines) is 1. The molecular formula is C28H27N2O+. The molecule has 3 heteroatoms. The summed E-state index contributed by atoms with van der Waals surface area (Å²) in [5, 5.41) is 2.50. The first-order valence-corrected chi connectivity index (χ1v) is 11.3. The molecule has 3 aromatic carbocycles. The van der Waals surface area contributed by atoms with E-state index in [9.17, 15) is 4.79 Å². The monoisotopic (exact) mass is 407 g/mol. The Morgan fingerprint density at radius 1 is 0.839 bits per heavy atom. The lowest BCUT2D eigenvalue weighted by Crippen LogP contribution is -3.13. The van der Waals surface area contributed by atoms with E-state index in [2.05, 4.69) is 83.4 Å². The Hall–Kier alpha value is -3.17. The van der Waals surface area contributed by atoms with Crippen molar-refractivity contribution in [3.05, 3.63) is 107 Å². The summed E-state index contributed by atoms with van der Waals surface area (Å²) in [4.78, 5) is 14.5. The number of hydrogen-bond acceptors (Lipinski definition) is 1. The van der Waals surface area contributed by atoms with Gasteiger partial charge in [0, 0.05) is 41.3 Å². The molecule has 0 aliphatic carbocycles. The highest BCUT2D eigenvalue weighted by molar-refractivity contribution is 5.87. The third-order valence-electron chi connectivity index (χ3n) is 7.14. The summed E-state index contributed by atoms with van der Waals surface area (Å²) in [6.45, 7) is 4.16. The lowest BCUT2D eigenvalue weighted by Gasteiger charge is -2.41. The predicted octanol–water partition coefficient (Wildman–Crippen LogP) is 3.87. The average molecular weight is 408 g/mol. The lowest BCUT2D eigenvalue weighted by molar-refractivity contribution is -0.924. The molecule has 1 fully saturated rings. The predicted molar refractivity (Wildman–Crippen MR) is 125 cm³/mol. The van der Waals surface area contributed by atoms with Gasteiger partial charge in [-0.2, -0.15) is 0 Å². The second-order valence-electron chi connectivity index (χ2n) is 9.26. The van der Waals surface area contributed by atoms with Gasteiger partial charge in [0.05, 0.1) is 13.1 Å². The van der Waals surface area contributed by atoms with Gasteiger partial charge >= 0.3 is 0 Å². The molecule has 0 amide bonds. The molecule has 1 aromatic heterocycles. The van der Waals surface area contributed by atoms with Gasteiger partial charge in [-0.1, -0.05) is 66.7 Å². The molecule has 1 unspecified atom stereocenters. The van der Waals surface area contributed by atoms with E-state index in [1.807, 2.05) is 0 Å². The van der Waals surface area contributed by atoms with Crippen molar-refractivity contribution in [2.45, 2.75) is 25.4 Å². The van der Waals surface area contributed by atoms with Crippen LogP contribution in [0.1, 0.15) is 23.6 Å². The first kappa shape index (κ1) is 18.6. The van der Waals surface area contributed by atoms with Crippen LogP contribution >= 0.6 is 0 Å². The Kier molecular flexibility index (Phi) is 4.50. The standard InChI is InChI=1S/C28H26N2O/c31-27-13-12-26(24-11-10-22-8-4-5-9-23(22)15-24)28-25-14-21(18-30(27)28)17-29(19-25)16-20-6-2-1-3-7-20/h1-13,15,21,25H,14,16-19H2/p+1/t21-,25+/m0/s1. The van der Waals surface area contributed by atoms with Gasteiger partial charge in [-0.05, 0) is 34.9 Å². The van der Waals surface area contributed by atoms with Crippen molar-refractivity contribution in [3.63, 3.8) is 0 Å². The summed E-state index contributed by atoms with van der Waals surface area (Å²) >= 11 is 0. The van der Waals surface area contributed by atoms with Gasteiger partial charge in [-0.15, -0.1) is 0 Å². The van der Waals surface area contributed by atoms with Gasteiger partial charge in [0.15, 0.2) is 0 Å². The van der Waals surface area contributed by atoms with Gasteiger partial charge in [0.25, 0.3) is 5.56 Å². The summed E-state index contributed by atoms with van der Waals surface area (Å²) in [5.41, 5.74) is 5.26. The molecule has 2 bridgehead atoms. The van der Waals surface area contributed by atoms with E-state index in [-0.39, 0.29) is 5.56 Å². The number of hydrogen-bond donors (Lipinski definition) is 1. The molecule has 3 atom stereocenters. The van der Waals surface area contributed by atoms with E-state index in [1.165, 1.54) is 39.6 Å². The second-order valence-corrected chi connectivity index (χ2v) is 9.26. The molecule has 6 rings (SSSR count). The summed E-state index contributed by atoms with van der Waals surface area (Å²) < 4.78 is 2.09. The van der Waals surface area contributed by atoms with Gasteiger partial charge < -0.3 is 9.47 Å². The number of benzene rings is 3. The number of aromatic nitrogens is 1. The number of fused-ring (bicyclic) bond motifs is 5. The maximum atomic E-state index is 12.8. The van der Waals surface area contributed by atoms with E-state index in [0.29, 0.717) is 11.8 Å². The molecule has 1 N–H and O–H groups in total. The van der Waals surface area contributed by atoms with Crippen LogP contribution in [0.15, 0.2) is 89.7 Å². The molecule has 0 radical (unpaired) electrons. The van der Waals surface area contributed by atoms with E-state index >= 15 is 0 Å². The van der Waals surface area contributed by atoms with Gasteiger partial charge in [-0.3, -0.25) is 4.79 Å². The van der Waals surface area contributed by atoms with Crippen molar-refractivity contribution < 1.29 is 4.90 Å². The fourth-order valence-corrected chi connectivity index (χ4v) is 5.87. The van der Waals surface area contributed by atoms with Crippen molar-refractivity contribution in [3.8, 4) is 11.1 Å². The first-order chi connectivity index (χ1) is 15.2. The van der Waals surface area contributed by atoms with Crippen LogP contribution in [0.2, 0.25) is 0 Å². The molecule has 31 heavy (non-hydrogen) atoms. The normalized spacial score (nSPS) is 22.3.